The molecule has 0 heterocycles. The first-order valence-corrected chi connectivity index (χ1v) is 5.94. The second kappa shape index (κ2) is 5.82. The molecule has 17 heavy (non-hydrogen) atoms. The summed E-state index contributed by atoms with van der Waals surface area (Å²) in [5.41, 5.74) is 8.59. The van der Waals surface area contributed by atoms with Crippen molar-refractivity contribution in [1.82, 2.24) is 0 Å². The minimum atomic E-state index is -0.0752. The van der Waals surface area contributed by atoms with Crippen molar-refractivity contribution in [3.05, 3.63) is 28.8 Å². The van der Waals surface area contributed by atoms with Gasteiger partial charge in [0.2, 0.25) is 0 Å². The van der Waals surface area contributed by atoms with E-state index in [4.69, 9.17) is 10.5 Å². The zero-order valence-electron chi connectivity index (χ0n) is 11.0. The zero-order valence-corrected chi connectivity index (χ0v) is 11.0. The SMILES string of the molecule is CCC(N)CC(=O)c1ccc(C)c(C)c1OC. The second-order valence-electron chi connectivity index (χ2n) is 4.38. The van der Waals surface area contributed by atoms with Gasteiger partial charge in [-0.2, -0.15) is 0 Å². The molecule has 1 rings (SSSR count). The van der Waals surface area contributed by atoms with Gasteiger partial charge in [-0.1, -0.05) is 13.0 Å². The third kappa shape index (κ3) is 3.07. The number of hydrogen-bond acceptors (Lipinski definition) is 3. The van der Waals surface area contributed by atoms with Crippen LogP contribution in [0.5, 0.6) is 5.75 Å². The number of ketones is 1. The number of ether oxygens (including phenoxy) is 1. The van der Waals surface area contributed by atoms with Crippen molar-refractivity contribution in [2.75, 3.05) is 7.11 Å². The lowest BCUT2D eigenvalue weighted by Gasteiger charge is -2.14. The van der Waals surface area contributed by atoms with Crippen molar-refractivity contribution in [2.45, 2.75) is 39.7 Å². The molecule has 1 aromatic rings. The van der Waals surface area contributed by atoms with Crippen molar-refractivity contribution in [3.63, 3.8) is 0 Å². The molecule has 0 aliphatic rings. The molecule has 0 aromatic heterocycles. The van der Waals surface area contributed by atoms with E-state index < -0.39 is 0 Å². The molecular formula is C14H21NO2. The lowest BCUT2D eigenvalue weighted by Crippen LogP contribution is -2.23. The first-order valence-electron chi connectivity index (χ1n) is 5.94. The molecule has 0 amide bonds. The standard InChI is InChI=1S/C14H21NO2/c1-5-11(15)8-13(16)12-7-6-9(2)10(3)14(12)17-4/h6-7,11H,5,8,15H2,1-4H3. The van der Waals surface area contributed by atoms with Crippen LogP contribution in [-0.4, -0.2) is 18.9 Å². The Morgan fingerprint density at radius 1 is 1.41 bits per heavy atom. The van der Waals surface area contributed by atoms with E-state index in [2.05, 4.69) is 0 Å². The predicted molar refractivity (Wildman–Crippen MR) is 69.7 cm³/mol. The number of hydrogen-bond donors (Lipinski definition) is 1. The van der Waals surface area contributed by atoms with Gasteiger partial charge < -0.3 is 10.5 Å². The quantitative estimate of drug-likeness (QED) is 0.798. The van der Waals surface area contributed by atoms with E-state index in [0.717, 1.165) is 17.5 Å². The highest BCUT2D eigenvalue weighted by Gasteiger charge is 2.17. The number of nitrogens with two attached hydrogens (primary N) is 1. The molecule has 94 valence electrons. The van der Waals surface area contributed by atoms with E-state index >= 15 is 0 Å². The number of rotatable bonds is 5. The summed E-state index contributed by atoms with van der Waals surface area (Å²) in [4.78, 5) is 12.1. The molecule has 2 N–H and O–H groups in total. The average molecular weight is 235 g/mol. The average Bonchev–Trinajstić information content (AvgIpc) is 2.31. The summed E-state index contributed by atoms with van der Waals surface area (Å²) in [6.07, 6.45) is 1.17. The Morgan fingerprint density at radius 3 is 2.59 bits per heavy atom. The van der Waals surface area contributed by atoms with Gasteiger partial charge >= 0.3 is 0 Å². The molecule has 0 aliphatic carbocycles. The largest absolute Gasteiger partial charge is 0.496 e. The smallest absolute Gasteiger partial charge is 0.168 e. The van der Waals surface area contributed by atoms with Gasteiger partial charge in [0.25, 0.3) is 0 Å². The number of benzene rings is 1. The van der Waals surface area contributed by atoms with Crippen LogP contribution in [0, 0.1) is 13.8 Å². The molecule has 3 heteroatoms. The predicted octanol–water partition coefficient (Wildman–Crippen LogP) is 2.62. The van der Waals surface area contributed by atoms with Crippen LogP contribution >= 0.6 is 0 Å². The van der Waals surface area contributed by atoms with Crippen LogP contribution in [0.1, 0.15) is 41.3 Å². The molecule has 0 saturated heterocycles. The molecule has 0 spiro atoms. The van der Waals surface area contributed by atoms with E-state index in [0.29, 0.717) is 17.7 Å². The highest BCUT2D eigenvalue weighted by Crippen LogP contribution is 2.27. The number of methoxy groups -OCH3 is 1. The maximum absolute atomic E-state index is 12.1. The van der Waals surface area contributed by atoms with Gasteiger partial charge in [0.05, 0.1) is 12.7 Å². The summed E-state index contributed by atoms with van der Waals surface area (Å²) < 4.78 is 5.33. The highest BCUT2D eigenvalue weighted by molar-refractivity contribution is 5.99. The Hall–Kier alpha value is -1.35. The molecule has 0 bridgehead atoms. The van der Waals surface area contributed by atoms with Crippen LogP contribution in [0.25, 0.3) is 0 Å². The van der Waals surface area contributed by atoms with Crippen molar-refractivity contribution >= 4 is 5.78 Å². The summed E-state index contributed by atoms with van der Waals surface area (Å²) in [5, 5.41) is 0. The van der Waals surface area contributed by atoms with Crippen molar-refractivity contribution < 1.29 is 9.53 Å². The van der Waals surface area contributed by atoms with E-state index in [-0.39, 0.29) is 11.8 Å². The van der Waals surface area contributed by atoms with E-state index in [1.807, 2.05) is 32.9 Å². The van der Waals surface area contributed by atoms with Crippen LogP contribution in [0.2, 0.25) is 0 Å². The van der Waals surface area contributed by atoms with E-state index in [1.165, 1.54) is 0 Å². The van der Waals surface area contributed by atoms with Gasteiger partial charge in [0.1, 0.15) is 5.75 Å². The Labute approximate surface area is 103 Å². The molecule has 0 saturated carbocycles. The summed E-state index contributed by atoms with van der Waals surface area (Å²) in [5.74, 6) is 0.734. The molecule has 1 unspecified atom stereocenters. The monoisotopic (exact) mass is 235 g/mol. The molecule has 0 aliphatic heterocycles. The molecule has 0 fully saturated rings. The van der Waals surface area contributed by atoms with Crippen LogP contribution < -0.4 is 10.5 Å². The highest BCUT2D eigenvalue weighted by atomic mass is 16.5. The summed E-state index contributed by atoms with van der Waals surface area (Å²) in [6, 6.07) is 3.70. The third-order valence-electron chi connectivity index (χ3n) is 3.15. The van der Waals surface area contributed by atoms with Crippen molar-refractivity contribution in [1.29, 1.82) is 0 Å². The van der Waals surface area contributed by atoms with Gasteiger partial charge in [-0.05, 0) is 37.5 Å². The Balaban J connectivity index is 3.05. The summed E-state index contributed by atoms with van der Waals surface area (Å²) in [7, 11) is 1.60. The van der Waals surface area contributed by atoms with Crippen molar-refractivity contribution in [3.8, 4) is 5.75 Å². The van der Waals surface area contributed by atoms with Gasteiger partial charge in [-0.15, -0.1) is 0 Å². The maximum Gasteiger partial charge on any atom is 0.168 e. The number of carbonyl (C=O) groups is 1. The maximum atomic E-state index is 12.1. The van der Waals surface area contributed by atoms with E-state index in [9.17, 15) is 4.79 Å². The molecule has 3 nitrogen and oxygen atoms in total. The lowest BCUT2D eigenvalue weighted by atomic mass is 9.97. The third-order valence-corrected chi connectivity index (χ3v) is 3.15. The normalized spacial score (nSPS) is 12.3. The van der Waals surface area contributed by atoms with Gasteiger partial charge in [-0.25, -0.2) is 0 Å². The first kappa shape index (κ1) is 13.7. The van der Waals surface area contributed by atoms with E-state index in [1.54, 1.807) is 7.11 Å². The molecular weight excluding hydrogens is 214 g/mol. The number of carbonyl (C=O) groups excluding carboxylic acids is 1. The number of aryl methyl sites for hydroxylation is 1. The minimum absolute atomic E-state index is 0.0549. The van der Waals surface area contributed by atoms with Gasteiger partial charge in [0.15, 0.2) is 5.78 Å². The van der Waals surface area contributed by atoms with Gasteiger partial charge in [-0.3, -0.25) is 4.79 Å². The molecule has 1 aromatic carbocycles. The van der Waals surface area contributed by atoms with Gasteiger partial charge in [0, 0.05) is 12.5 Å². The van der Waals surface area contributed by atoms with Crippen LogP contribution in [0.4, 0.5) is 0 Å². The zero-order chi connectivity index (χ0) is 13.0. The first-order chi connectivity index (χ1) is 8.01. The summed E-state index contributed by atoms with van der Waals surface area (Å²) >= 11 is 0. The fraction of sp³-hybridized carbons (Fsp3) is 0.500. The Morgan fingerprint density at radius 2 is 2.06 bits per heavy atom. The Bertz CT molecular complexity index is 413. The minimum Gasteiger partial charge on any atom is -0.496 e. The van der Waals surface area contributed by atoms with Crippen molar-refractivity contribution in [2.24, 2.45) is 5.73 Å². The van der Waals surface area contributed by atoms with Crippen LogP contribution in [-0.2, 0) is 0 Å². The van der Waals surface area contributed by atoms with Crippen LogP contribution in [0.3, 0.4) is 0 Å². The molecule has 0 radical (unpaired) electrons. The van der Waals surface area contributed by atoms with Crippen LogP contribution in [0.15, 0.2) is 12.1 Å². The topological polar surface area (TPSA) is 52.3 Å². The summed E-state index contributed by atoms with van der Waals surface area (Å²) in [6.45, 7) is 5.95. The fourth-order valence-electron chi connectivity index (χ4n) is 1.77. The molecule has 1 atom stereocenters. The Kier molecular flexibility index (Phi) is 4.70. The fourth-order valence-corrected chi connectivity index (χ4v) is 1.77. The lowest BCUT2D eigenvalue weighted by molar-refractivity contribution is 0.0971. The second-order valence-corrected chi connectivity index (χ2v) is 4.38. The number of Topliss-reactive ketones (excluding diaryl/α,β-unsaturated/α-hetero) is 1.